The normalized spacial score (nSPS) is 22.6. The topological polar surface area (TPSA) is 58.2 Å². The van der Waals surface area contributed by atoms with E-state index >= 15 is 0 Å². The summed E-state index contributed by atoms with van der Waals surface area (Å²) in [5, 5.41) is 4.45. The Morgan fingerprint density at radius 3 is 2.75 bits per heavy atom. The Hall–Kier alpha value is -1.20. The zero-order valence-corrected chi connectivity index (χ0v) is 6.14. The van der Waals surface area contributed by atoms with Gasteiger partial charge in [0.1, 0.15) is 0 Å². The number of halogens is 2. The molecule has 1 saturated heterocycles. The van der Waals surface area contributed by atoms with Gasteiger partial charge in [-0.3, -0.25) is 9.59 Å². The van der Waals surface area contributed by atoms with Gasteiger partial charge in [-0.1, -0.05) is 0 Å². The molecule has 0 saturated carbocycles. The summed E-state index contributed by atoms with van der Waals surface area (Å²) in [6.07, 6.45) is -2.93. The largest absolute Gasteiger partial charge is 0.354 e. The van der Waals surface area contributed by atoms with Gasteiger partial charge in [-0.25, -0.2) is 0 Å². The van der Waals surface area contributed by atoms with Crippen LogP contribution in [0.2, 0.25) is 0 Å². The van der Waals surface area contributed by atoms with Gasteiger partial charge in [-0.2, -0.15) is 8.78 Å². The van der Waals surface area contributed by atoms with Crippen molar-refractivity contribution in [2.45, 2.75) is 18.9 Å². The maximum absolute atomic E-state index is 11.7. The van der Waals surface area contributed by atoms with Crippen LogP contribution in [-0.4, -0.2) is 30.8 Å². The fraction of sp³-hybridized carbons (Fsp3) is 0.667. The molecule has 1 atom stereocenters. The molecule has 1 heterocycles. The van der Waals surface area contributed by atoms with Crippen molar-refractivity contribution in [3.05, 3.63) is 0 Å². The van der Waals surface area contributed by atoms with Crippen LogP contribution in [0.15, 0.2) is 0 Å². The van der Waals surface area contributed by atoms with E-state index in [2.05, 4.69) is 5.32 Å². The fourth-order valence-corrected chi connectivity index (χ4v) is 0.971. The van der Waals surface area contributed by atoms with Crippen LogP contribution in [0.3, 0.4) is 0 Å². The summed E-state index contributed by atoms with van der Waals surface area (Å²) in [4.78, 5) is 21.0. The Morgan fingerprint density at radius 1 is 1.67 bits per heavy atom. The minimum absolute atomic E-state index is 0.0818. The van der Waals surface area contributed by atoms with Crippen LogP contribution >= 0.6 is 0 Å². The fourth-order valence-electron chi connectivity index (χ4n) is 0.971. The molecule has 1 aliphatic heterocycles. The van der Waals surface area contributed by atoms with Gasteiger partial charge in [0.25, 0.3) is 5.91 Å². The zero-order valence-electron chi connectivity index (χ0n) is 6.14. The number of nitrogens with one attached hydrogen (secondary N) is 2. The molecule has 2 amide bonds. The van der Waals surface area contributed by atoms with Crippen LogP contribution in [0.4, 0.5) is 8.78 Å². The molecule has 0 radical (unpaired) electrons. The highest BCUT2D eigenvalue weighted by Crippen LogP contribution is 2.00. The average molecular weight is 178 g/mol. The van der Waals surface area contributed by atoms with Gasteiger partial charge >= 0.3 is 6.43 Å². The first kappa shape index (κ1) is 8.89. The van der Waals surface area contributed by atoms with E-state index in [1.54, 1.807) is 0 Å². The van der Waals surface area contributed by atoms with Crippen molar-refractivity contribution in [2.75, 3.05) is 6.54 Å². The number of carbonyl (C=O) groups is 2. The molecule has 0 aromatic heterocycles. The third-order valence-corrected chi connectivity index (χ3v) is 1.52. The van der Waals surface area contributed by atoms with Gasteiger partial charge < -0.3 is 10.6 Å². The molecule has 0 aliphatic carbocycles. The molecule has 0 spiro atoms. The Morgan fingerprint density at radius 2 is 2.33 bits per heavy atom. The molecular weight excluding hydrogens is 170 g/mol. The van der Waals surface area contributed by atoms with E-state index in [4.69, 9.17) is 0 Å². The van der Waals surface area contributed by atoms with Crippen LogP contribution in [0.1, 0.15) is 6.42 Å². The lowest BCUT2D eigenvalue weighted by Crippen LogP contribution is -2.39. The molecular formula is C6H8F2N2O2. The number of carbonyl (C=O) groups excluding carboxylic acids is 2. The molecule has 0 aromatic rings. The van der Waals surface area contributed by atoms with Crippen molar-refractivity contribution in [3.63, 3.8) is 0 Å². The summed E-state index contributed by atoms with van der Waals surface area (Å²) in [7, 11) is 0. The van der Waals surface area contributed by atoms with Gasteiger partial charge in [0, 0.05) is 13.0 Å². The van der Waals surface area contributed by atoms with Gasteiger partial charge in [-0.05, 0) is 0 Å². The Labute approximate surface area is 67.3 Å². The SMILES string of the molecule is O=C1CC(NC(=O)C(F)F)CN1. The van der Waals surface area contributed by atoms with Crippen molar-refractivity contribution < 1.29 is 18.4 Å². The summed E-state index contributed by atoms with van der Waals surface area (Å²) >= 11 is 0. The first-order chi connectivity index (χ1) is 5.59. The molecule has 68 valence electrons. The quantitative estimate of drug-likeness (QED) is 0.585. The van der Waals surface area contributed by atoms with E-state index in [0.717, 1.165) is 0 Å². The summed E-state index contributed by atoms with van der Waals surface area (Å²) < 4.78 is 23.3. The maximum Gasteiger partial charge on any atom is 0.315 e. The summed E-state index contributed by atoms with van der Waals surface area (Å²) in [6, 6.07) is -0.487. The number of amides is 2. The highest BCUT2D eigenvalue weighted by atomic mass is 19.3. The van der Waals surface area contributed by atoms with E-state index in [1.807, 2.05) is 5.32 Å². The van der Waals surface area contributed by atoms with Crippen LogP contribution in [-0.2, 0) is 9.59 Å². The summed E-state index contributed by atoms with van der Waals surface area (Å²) in [5.74, 6) is -1.55. The highest BCUT2D eigenvalue weighted by Gasteiger charge is 2.25. The average Bonchev–Trinajstić information content (AvgIpc) is 2.35. The van der Waals surface area contributed by atoms with Crippen LogP contribution in [0.25, 0.3) is 0 Å². The second-order valence-electron chi connectivity index (χ2n) is 2.51. The highest BCUT2D eigenvalue weighted by molar-refractivity contribution is 5.83. The molecule has 0 aromatic carbocycles. The number of hydrogen-bond donors (Lipinski definition) is 2. The zero-order chi connectivity index (χ0) is 9.14. The number of rotatable bonds is 2. The molecule has 1 fully saturated rings. The summed E-state index contributed by atoms with van der Waals surface area (Å²) in [5.41, 5.74) is 0. The molecule has 0 bridgehead atoms. The third kappa shape index (κ3) is 2.14. The van der Waals surface area contributed by atoms with Gasteiger partial charge in [0.15, 0.2) is 0 Å². The molecule has 6 heteroatoms. The number of alkyl halides is 2. The smallest absolute Gasteiger partial charge is 0.315 e. The van der Waals surface area contributed by atoms with E-state index < -0.39 is 18.4 Å². The minimum atomic E-state index is -3.01. The monoisotopic (exact) mass is 178 g/mol. The second kappa shape index (κ2) is 3.46. The lowest BCUT2D eigenvalue weighted by molar-refractivity contribution is -0.132. The molecule has 12 heavy (non-hydrogen) atoms. The van der Waals surface area contributed by atoms with Gasteiger partial charge in [-0.15, -0.1) is 0 Å². The Bertz CT molecular complexity index is 208. The Kier molecular flexibility index (Phi) is 2.57. The maximum atomic E-state index is 11.7. The minimum Gasteiger partial charge on any atom is -0.354 e. The van der Waals surface area contributed by atoms with E-state index in [0.29, 0.717) is 0 Å². The molecule has 4 nitrogen and oxygen atoms in total. The van der Waals surface area contributed by atoms with Crippen LogP contribution in [0.5, 0.6) is 0 Å². The molecule has 1 aliphatic rings. The van der Waals surface area contributed by atoms with E-state index in [9.17, 15) is 18.4 Å². The van der Waals surface area contributed by atoms with Crippen molar-refractivity contribution in [1.82, 2.24) is 10.6 Å². The molecule has 1 unspecified atom stereocenters. The molecule has 1 rings (SSSR count). The third-order valence-electron chi connectivity index (χ3n) is 1.52. The van der Waals surface area contributed by atoms with Crippen molar-refractivity contribution in [3.8, 4) is 0 Å². The van der Waals surface area contributed by atoms with Crippen molar-refractivity contribution in [1.29, 1.82) is 0 Å². The first-order valence-electron chi connectivity index (χ1n) is 3.45. The van der Waals surface area contributed by atoms with Gasteiger partial charge in [0.05, 0.1) is 6.04 Å². The van der Waals surface area contributed by atoms with E-state index in [1.165, 1.54) is 0 Å². The predicted octanol–water partition coefficient (Wildman–Crippen LogP) is -0.744. The Balaban J connectivity index is 2.32. The lowest BCUT2D eigenvalue weighted by atomic mass is 10.2. The predicted molar refractivity (Wildman–Crippen MR) is 35.6 cm³/mol. The van der Waals surface area contributed by atoms with Crippen LogP contribution < -0.4 is 10.6 Å². The first-order valence-corrected chi connectivity index (χ1v) is 3.45. The standard InChI is InChI=1S/C6H8F2N2O2/c7-5(8)6(12)10-3-1-4(11)9-2-3/h3,5H,1-2H2,(H,9,11)(H,10,12). The second-order valence-corrected chi connectivity index (χ2v) is 2.51. The van der Waals surface area contributed by atoms with Gasteiger partial charge in [0.2, 0.25) is 5.91 Å². The lowest BCUT2D eigenvalue weighted by Gasteiger charge is -2.08. The van der Waals surface area contributed by atoms with E-state index in [-0.39, 0.29) is 18.9 Å². The number of hydrogen-bond acceptors (Lipinski definition) is 2. The van der Waals surface area contributed by atoms with Crippen molar-refractivity contribution in [2.24, 2.45) is 0 Å². The summed E-state index contributed by atoms with van der Waals surface area (Å²) in [6.45, 7) is 0.233. The molecule has 2 N–H and O–H groups in total. The van der Waals surface area contributed by atoms with Crippen molar-refractivity contribution >= 4 is 11.8 Å². The van der Waals surface area contributed by atoms with Crippen LogP contribution in [0, 0.1) is 0 Å².